The molecule has 3 aliphatic heterocycles. The molecule has 7 atom stereocenters. The summed E-state index contributed by atoms with van der Waals surface area (Å²) in [6.45, 7) is 6.10. The normalized spacial score (nSPS) is 50.5. The van der Waals surface area contributed by atoms with Crippen molar-refractivity contribution in [3.63, 3.8) is 0 Å². The second-order valence-corrected chi connectivity index (χ2v) is 10.3. The monoisotopic (exact) mass is 406 g/mol. The Morgan fingerprint density at radius 3 is 2.69 bits per heavy atom. The van der Waals surface area contributed by atoms with E-state index in [9.17, 15) is 14.4 Å². The van der Waals surface area contributed by atoms with Gasteiger partial charge in [0.1, 0.15) is 24.9 Å². The Morgan fingerprint density at radius 1 is 1.21 bits per heavy atom. The molecular weight excluding hydrogens is 376 g/mol. The summed E-state index contributed by atoms with van der Waals surface area (Å²) in [5.41, 5.74) is -2.25. The summed E-state index contributed by atoms with van der Waals surface area (Å²) in [6.07, 6.45) is 4.81. The lowest BCUT2D eigenvalue weighted by Gasteiger charge is -2.62. The Balaban J connectivity index is 1.62. The third-order valence-electron chi connectivity index (χ3n) is 8.77. The predicted molar refractivity (Wildman–Crippen MR) is 99.5 cm³/mol. The van der Waals surface area contributed by atoms with Crippen molar-refractivity contribution in [2.45, 2.75) is 83.0 Å². The minimum Gasteiger partial charge on any atom is -0.465 e. The molecule has 0 N–H and O–H groups in total. The molecule has 3 heterocycles. The van der Waals surface area contributed by atoms with E-state index in [1.54, 1.807) is 0 Å². The molecule has 160 valence electrons. The molecule has 0 bridgehead atoms. The molecule has 7 heteroatoms. The van der Waals surface area contributed by atoms with E-state index in [2.05, 4.69) is 6.92 Å². The fourth-order valence-electron chi connectivity index (χ4n) is 7.63. The van der Waals surface area contributed by atoms with Gasteiger partial charge < -0.3 is 18.9 Å². The lowest BCUT2D eigenvalue weighted by atomic mass is 9.43. The number of fused-ring (bicyclic) bond motifs is 1. The summed E-state index contributed by atoms with van der Waals surface area (Å²) >= 11 is 0. The average molecular weight is 406 g/mol. The van der Waals surface area contributed by atoms with Gasteiger partial charge in [0.2, 0.25) is 0 Å². The van der Waals surface area contributed by atoms with Gasteiger partial charge in [0.15, 0.2) is 0 Å². The van der Waals surface area contributed by atoms with Crippen molar-refractivity contribution in [1.29, 1.82) is 0 Å². The van der Waals surface area contributed by atoms with Crippen molar-refractivity contribution in [1.82, 2.24) is 0 Å². The van der Waals surface area contributed by atoms with E-state index in [4.69, 9.17) is 18.9 Å². The largest absolute Gasteiger partial charge is 0.465 e. The molecule has 3 saturated heterocycles. The molecule has 29 heavy (non-hydrogen) atoms. The van der Waals surface area contributed by atoms with Gasteiger partial charge in [0, 0.05) is 18.3 Å². The first-order valence-electron chi connectivity index (χ1n) is 10.9. The highest BCUT2D eigenvalue weighted by molar-refractivity contribution is 5.80. The summed E-state index contributed by atoms with van der Waals surface area (Å²) < 4.78 is 23.8. The molecule has 7 nitrogen and oxygen atoms in total. The number of rotatable bonds is 2. The van der Waals surface area contributed by atoms with E-state index in [1.807, 2.05) is 6.92 Å². The predicted octanol–water partition coefficient (Wildman–Crippen LogP) is 2.54. The number of carbonyl (C=O) groups excluding carboxylic acids is 3. The fraction of sp³-hybridized carbons (Fsp3) is 0.864. The molecule has 5 rings (SSSR count). The smallest absolute Gasteiger partial charge is 0.312 e. The van der Waals surface area contributed by atoms with Gasteiger partial charge in [-0.2, -0.15) is 0 Å². The van der Waals surface area contributed by atoms with Crippen molar-refractivity contribution in [3.8, 4) is 0 Å². The summed E-state index contributed by atoms with van der Waals surface area (Å²) in [7, 11) is 0. The van der Waals surface area contributed by atoms with Gasteiger partial charge in [-0.1, -0.05) is 13.3 Å². The number of cyclic esters (lactones) is 1. The molecule has 2 aliphatic carbocycles. The topological polar surface area (TPSA) is 88.1 Å². The molecule has 0 amide bonds. The molecule has 0 aromatic heterocycles. The van der Waals surface area contributed by atoms with Crippen LogP contribution in [0.15, 0.2) is 0 Å². The SMILES string of the molecule is CC(=O)OC[C@@]12CCC[C@]3(C)C(=O)O[C@H](C[C@@H](C)[C@]14CC[C@]1(COC(=O)C1)O4)[C@H]23. The molecule has 5 aliphatic rings. The molecule has 0 unspecified atom stereocenters. The Hall–Kier alpha value is -1.63. The average Bonchev–Trinajstić information content (AvgIpc) is 3.29. The van der Waals surface area contributed by atoms with Crippen LogP contribution in [0.2, 0.25) is 0 Å². The van der Waals surface area contributed by atoms with Gasteiger partial charge in [-0.15, -0.1) is 0 Å². The summed E-state index contributed by atoms with van der Waals surface area (Å²) in [5, 5.41) is 0. The van der Waals surface area contributed by atoms with Crippen LogP contribution in [-0.2, 0) is 33.3 Å². The van der Waals surface area contributed by atoms with Gasteiger partial charge in [-0.25, -0.2) is 0 Å². The van der Waals surface area contributed by atoms with Gasteiger partial charge in [0.05, 0.1) is 17.4 Å². The van der Waals surface area contributed by atoms with Crippen LogP contribution in [0, 0.1) is 22.7 Å². The third-order valence-corrected chi connectivity index (χ3v) is 8.77. The summed E-state index contributed by atoms with van der Waals surface area (Å²) in [6, 6.07) is 0. The highest BCUT2D eigenvalue weighted by Crippen LogP contribution is 2.70. The van der Waals surface area contributed by atoms with E-state index in [-0.39, 0.29) is 55.5 Å². The van der Waals surface area contributed by atoms with E-state index in [0.717, 1.165) is 38.5 Å². The zero-order valence-electron chi connectivity index (χ0n) is 17.5. The van der Waals surface area contributed by atoms with Crippen molar-refractivity contribution in [2.75, 3.05) is 13.2 Å². The van der Waals surface area contributed by atoms with E-state index in [1.165, 1.54) is 6.92 Å². The second kappa shape index (κ2) is 5.96. The Morgan fingerprint density at radius 2 is 2.00 bits per heavy atom. The highest BCUT2D eigenvalue weighted by atomic mass is 16.6. The van der Waals surface area contributed by atoms with Crippen LogP contribution in [0.25, 0.3) is 0 Å². The zero-order valence-corrected chi connectivity index (χ0v) is 17.5. The maximum atomic E-state index is 12.9. The van der Waals surface area contributed by atoms with Crippen LogP contribution in [0.4, 0.5) is 0 Å². The number of ether oxygens (including phenoxy) is 4. The Kier molecular flexibility index (Phi) is 3.97. The fourth-order valence-corrected chi connectivity index (χ4v) is 7.63. The number of carbonyl (C=O) groups is 3. The van der Waals surface area contributed by atoms with Crippen molar-refractivity contribution in [3.05, 3.63) is 0 Å². The lowest BCUT2D eigenvalue weighted by Crippen LogP contribution is -2.68. The molecule has 0 radical (unpaired) electrons. The minimum atomic E-state index is -0.598. The van der Waals surface area contributed by atoms with Crippen LogP contribution in [0.5, 0.6) is 0 Å². The van der Waals surface area contributed by atoms with Crippen LogP contribution in [0.1, 0.15) is 65.7 Å². The highest BCUT2D eigenvalue weighted by Gasteiger charge is 2.76. The molecule has 5 fully saturated rings. The maximum absolute atomic E-state index is 12.9. The summed E-state index contributed by atoms with van der Waals surface area (Å²) in [4.78, 5) is 36.7. The first-order valence-corrected chi connectivity index (χ1v) is 10.9. The maximum Gasteiger partial charge on any atom is 0.312 e. The minimum absolute atomic E-state index is 0.0556. The number of hydrogen-bond acceptors (Lipinski definition) is 7. The van der Waals surface area contributed by atoms with E-state index < -0.39 is 22.0 Å². The van der Waals surface area contributed by atoms with Gasteiger partial charge in [-0.05, 0) is 44.9 Å². The quantitative estimate of drug-likeness (QED) is 0.514. The van der Waals surface area contributed by atoms with E-state index in [0.29, 0.717) is 0 Å². The zero-order chi connectivity index (χ0) is 20.7. The van der Waals surface area contributed by atoms with Gasteiger partial charge in [0.25, 0.3) is 0 Å². The second-order valence-electron chi connectivity index (χ2n) is 10.3. The van der Waals surface area contributed by atoms with Crippen molar-refractivity contribution >= 4 is 17.9 Å². The number of esters is 3. The molecule has 2 saturated carbocycles. The van der Waals surface area contributed by atoms with E-state index >= 15 is 0 Å². The summed E-state index contributed by atoms with van der Waals surface area (Å²) in [5.74, 6) is -0.613. The van der Waals surface area contributed by atoms with Crippen LogP contribution in [-0.4, -0.2) is 48.4 Å². The standard InChI is InChI=1S/C22H30O7/c1-13-9-15-17-19(3,18(25)28-15)5-4-6-21(17,12-26-14(2)23)22(13)8-7-20(29-22)10-16(24)27-11-20/h13,15,17H,4-12H2,1-3H3/t13-,15-,17+,19+,20+,21-,22-/m1/s1. The first-order chi connectivity index (χ1) is 13.7. The van der Waals surface area contributed by atoms with Crippen LogP contribution in [0.3, 0.4) is 0 Å². The van der Waals surface area contributed by atoms with Crippen molar-refractivity contribution in [2.24, 2.45) is 22.7 Å². The first kappa shape index (κ1) is 19.3. The van der Waals surface area contributed by atoms with Crippen molar-refractivity contribution < 1.29 is 33.3 Å². The lowest BCUT2D eigenvalue weighted by molar-refractivity contribution is -0.269. The number of hydrogen-bond donors (Lipinski definition) is 0. The Labute approximate surface area is 170 Å². The third kappa shape index (κ3) is 2.37. The Bertz CT molecular complexity index is 779. The molecule has 0 aromatic rings. The van der Waals surface area contributed by atoms with Crippen LogP contribution < -0.4 is 0 Å². The van der Waals surface area contributed by atoms with Gasteiger partial charge in [-0.3, -0.25) is 14.4 Å². The van der Waals surface area contributed by atoms with Gasteiger partial charge >= 0.3 is 17.9 Å². The molecule has 0 aromatic carbocycles. The van der Waals surface area contributed by atoms with Crippen LogP contribution >= 0.6 is 0 Å². The molecular formula is C22H30O7. The molecule has 2 spiro atoms.